The van der Waals surface area contributed by atoms with E-state index in [0.717, 1.165) is 12.8 Å². The van der Waals surface area contributed by atoms with Crippen LogP contribution in [0, 0.1) is 0 Å². The summed E-state index contributed by atoms with van der Waals surface area (Å²) in [5, 5.41) is 0. The summed E-state index contributed by atoms with van der Waals surface area (Å²) in [6.45, 7) is 0.655. The number of methoxy groups -OCH3 is 1. The van der Waals surface area contributed by atoms with Gasteiger partial charge in [0.15, 0.2) is 6.17 Å². The van der Waals surface area contributed by atoms with Crippen LogP contribution in [-0.2, 0) is 14.3 Å². The van der Waals surface area contributed by atoms with Gasteiger partial charge in [-0.25, -0.2) is 9.59 Å². The van der Waals surface area contributed by atoms with Gasteiger partial charge in [-0.1, -0.05) is 0 Å². The molecule has 0 aliphatic rings. The van der Waals surface area contributed by atoms with Crippen molar-refractivity contribution in [1.82, 2.24) is 0 Å². The lowest BCUT2D eigenvalue weighted by atomic mass is 10.2. The average Bonchev–Trinajstić information content (AvgIpc) is 2.13. The number of aliphatic imine (C=N–C) groups is 2. The molecule has 5 heteroatoms. The number of hydrogen-bond donors (Lipinski definition) is 0. The number of rotatable bonds is 7. The topological polar surface area (TPSA) is 68.1 Å². The first-order valence-corrected chi connectivity index (χ1v) is 3.98. The van der Waals surface area contributed by atoms with Crippen LogP contribution in [0.25, 0.3) is 0 Å². The lowest BCUT2D eigenvalue weighted by Crippen LogP contribution is -2.00. The molecular weight excluding hydrogens is 172 g/mol. The fourth-order valence-corrected chi connectivity index (χ4v) is 0.853. The quantitative estimate of drug-likeness (QED) is 0.334. The molecule has 0 aliphatic carbocycles. The molecule has 0 heterocycles. The minimum atomic E-state index is -0.619. The summed E-state index contributed by atoms with van der Waals surface area (Å²) in [6.07, 6.45) is 4.32. The van der Waals surface area contributed by atoms with Crippen molar-refractivity contribution >= 4 is 12.2 Å². The first-order chi connectivity index (χ1) is 6.35. The Kier molecular flexibility index (Phi) is 7.95. The van der Waals surface area contributed by atoms with Crippen molar-refractivity contribution in [2.75, 3.05) is 13.7 Å². The normalized spacial score (nSPS) is 11.2. The monoisotopic (exact) mass is 184 g/mol. The highest BCUT2D eigenvalue weighted by Gasteiger charge is 2.02. The predicted octanol–water partition coefficient (Wildman–Crippen LogP) is 0.801. The zero-order chi connectivity index (χ0) is 9.94. The van der Waals surface area contributed by atoms with Crippen molar-refractivity contribution in [3.05, 3.63) is 0 Å². The SMILES string of the molecule is COCCCCC(N=C=O)N=C=O. The van der Waals surface area contributed by atoms with Crippen LogP contribution in [-0.4, -0.2) is 32.0 Å². The third-order valence-electron chi connectivity index (χ3n) is 1.46. The summed E-state index contributed by atoms with van der Waals surface area (Å²) in [5.74, 6) is 0. The van der Waals surface area contributed by atoms with E-state index in [1.54, 1.807) is 7.11 Å². The van der Waals surface area contributed by atoms with E-state index >= 15 is 0 Å². The maximum absolute atomic E-state index is 9.87. The zero-order valence-corrected chi connectivity index (χ0v) is 7.52. The van der Waals surface area contributed by atoms with Crippen molar-refractivity contribution in [3.63, 3.8) is 0 Å². The van der Waals surface area contributed by atoms with Gasteiger partial charge in [0.05, 0.1) is 0 Å². The van der Waals surface area contributed by atoms with Gasteiger partial charge < -0.3 is 4.74 Å². The number of hydrogen-bond acceptors (Lipinski definition) is 5. The largest absolute Gasteiger partial charge is 0.385 e. The van der Waals surface area contributed by atoms with E-state index in [4.69, 9.17) is 4.74 Å². The van der Waals surface area contributed by atoms with Crippen molar-refractivity contribution in [2.45, 2.75) is 25.4 Å². The van der Waals surface area contributed by atoms with Gasteiger partial charge in [0.2, 0.25) is 12.2 Å². The molecule has 0 radical (unpaired) electrons. The van der Waals surface area contributed by atoms with Crippen LogP contribution < -0.4 is 0 Å². The van der Waals surface area contributed by atoms with E-state index in [9.17, 15) is 9.59 Å². The Bertz CT molecular complexity index is 199. The second kappa shape index (κ2) is 8.81. The molecule has 0 fully saturated rings. The maximum atomic E-state index is 9.87. The lowest BCUT2D eigenvalue weighted by Gasteiger charge is -2.01. The third-order valence-corrected chi connectivity index (χ3v) is 1.46. The Morgan fingerprint density at radius 2 is 1.85 bits per heavy atom. The van der Waals surface area contributed by atoms with Crippen LogP contribution in [0.3, 0.4) is 0 Å². The van der Waals surface area contributed by atoms with Gasteiger partial charge in [0.25, 0.3) is 0 Å². The lowest BCUT2D eigenvalue weighted by molar-refractivity contribution is 0.191. The average molecular weight is 184 g/mol. The van der Waals surface area contributed by atoms with Gasteiger partial charge in [0.1, 0.15) is 0 Å². The molecule has 0 aromatic carbocycles. The molecule has 0 aromatic rings. The van der Waals surface area contributed by atoms with E-state index in [0.29, 0.717) is 13.0 Å². The molecule has 0 N–H and O–H groups in total. The summed E-state index contributed by atoms with van der Waals surface area (Å²) < 4.78 is 4.83. The Morgan fingerprint density at radius 3 is 2.31 bits per heavy atom. The van der Waals surface area contributed by atoms with E-state index in [2.05, 4.69) is 9.98 Å². The van der Waals surface area contributed by atoms with Crippen LogP contribution in [0.1, 0.15) is 19.3 Å². The van der Waals surface area contributed by atoms with Gasteiger partial charge in [-0.3, -0.25) is 0 Å². The number of nitrogens with zero attached hydrogens (tertiary/aromatic N) is 2. The number of unbranched alkanes of at least 4 members (excludes halogenated alkanes) is 1. The van der Waals surface area contributed by atoms with Gasteiger partial charge in [-0.2, -0.15) is 9.98 Å². The van der Waals surface area contributed by atoms with Crippen molar-refractivity contribution in [3.8, 4) is 0 Å². The Balaban J connectivity index is 3.69. The molecule has 0 rings (SSSR count). The highest BCUT2D eigenvalue weighted by Crippen LogP contribution is 2.04. The highest BCUT2D eigenvalue weighted by molar-refractivity contribution is 5.36. The molecule has 0 spiro atoms. The summed E-state index contributed by atoms with van der Waals surface area (Å²) in [4.78, 5) is 26.4. The van der Waals surface area contributed by atoms with E-state index in [-0.39, 0.29) is 0 Å². The standard InChI is InChI=1S/C8H12N2O3/c1-13-5-3-2-4-8(9-6-11)10-7-12/h8H,2-5H2,1H3. The zero-order valence-electron chi connectivity index (χ0n) is 7.52. The molecular formula is C8H12N2O3. The molecule has 0 atom stereocenters. The molecule has 0 saturated carbocycles. The molecule has 0 aromatic heterocycles. The fourth-order valence-electron chi connectivity index (χ4n) is 0.853. The third kappa shape index (κ3) is 7.09. The van der Waals surface area contributed by atoms with E-state index in [1.165, 1.54) is 12.2 Å². The minimum absolute atomic E-state index is 0.549. The second-order valence-electron chi connectivity index (χ2n) is 2.41. The van der Waals surface area contributed by atoms with Gasteiger partial charge in [-0.15, -0.1) is 0 Å². The first-order valence-electron chi connectivity index (χ1n) is 3.98. The Hall–Kier alpha value is -1.28. The molecule has 0 bridgehead atoms. The van der Waals surface area contributed by atoms with Crippen molar-refractivity contribution in [2.24, 2.45) is 9.98 Å². The summed E-state index contributed by atoms with van der Waals surface area (Å²) in [7, 11) is 1.62. The summed E-state index contributed by atoms with van der Waals surface area (Å²) >= 11 is 0. The fraction of sp³-hybridized carbons (Fsp3) is 0.750. The van der Waals surface area contributed by atoms with Crippen LogP contribution in [0.15, 0.2) is 9.98 Å². The number of ether oxygens (including phenoxy) is 1. The first kappa shape index (κ1) is 11.7. The number of carbonyl (C=O) groups excluding carboxylic acids is 2. The molecule has 0 unspecified atom stereocenters. The maximum Gasteiger partial charge on any atom is 0.237 e. The van der Waals surface area contributed by atoms with Gasteiger partial charge in [-0.05, 0) is 19.3 Å². The molecule has 0 aliphatic heterocycles. The molecule has 0 saturated heterocycles. The van der Waals surface area contributed by atoms with Crippen LogP contribution in [0.2, 0.25) is 0 Å². The predicted molar refractivity (Wildman–Crippen MR) is 45.8 cm³/mol. The van der Waals surface area contributed by atoms with E-state index < -0.39 is 6.17 Å². The van der Waals surface area contributed by atoms with Crippen LogP contribution in [0.5, 0.6) is 0 Å². The summed E-state index contributed by atoms with van der Waals surface area (Å²) in [6, 6.07) is 0. The molecule has 72 valence electrons. The summed E-state index contributed by atoms with van der Waals surface area (Å²) in [5.41, 5.74) is 0. The number of isocyanates is 2. The second-order valence-corrected chi connectivity index (χ2v) is 2.41. The van der Waals surface area contributed by atoms with Crippen LogP contribution >= 0.6 is 0 Å². The van der Waals surface area contributed by atoms with Gasteiger partial charge >= 0.3 is 0 Å². The van der Waals surface area contributed by atoms with Crippen molar-refractivity contribution in [1.29, 1.82) is 0 Å². The van der Waals surface area contributed by atoms with E-state index in [1.807, 2.05) is 0 Å². The Morgan fingerprint density at radius 1 is 1.23 bits per heavy atom. The van der Waals surface area contributed by atoms with Crippen LogP contribution in [0.4, 0.5) is 0 Å². The van der Waals surface area contributed by atoms with Gasteiger partial charge in [0, 0.05) is 13.7 Å². The Labute approximate surface area is 76.5 Å². The molecule has 0 amide bonds. The van der Waals surface area contributed by atoms with Crippen molar-refractivity contribution < 1.29 is 14.3 Å². The highest BCUT2D eigenvalue weighted by atomic mass is 16.5. The minimum Gasteiger partial charge on any atom is -0.385 e. The molecule has 5 nitrogen and oxygen atoms in total. The molecule has 13 heavy (non-hydrogen) atoms. The smallest absolute Gasteiger partial charge is 0.237 e.